The van der Waals surface area contributed by atoms with Crippen molar-refractivity contribution in [3.8, 4) is 17.6 Å². The summed E-state index contributed by atoms with van der Waals surface area (Å²) in [5.74, 6) is 6.84. The normalized spacial score (nSPS) is 11.1. The topological polar surface area (TPSA) is 18.5 Å². The summed E-state index contributed by atoms with van der Waals surface area (Å²) in [6.07, 6.45) is 1.64. The fraction of sp³-hybridized carbons (Fsp3) is 0.158. The van der Waals surface area contributed by atoms with Gasteiger partial charge in [0, 0.05) is 0 Å². The second-order valence-electron chi connectivity index (χ2n) is 4.38. The Bertz CT molecular complexity index is 635. The van der Waals surface area contributed by atoms with Crippen molar-refractivity contribution in [1.29, 1.82) is 0 Å². The molecule has 0 bridgehead atoms. The van der Waals surface area contributed by atoms with E-state index in [1.165, 1.54) is 0 Å². The molecule has 0 spiro atoms. The molecule has 21 heavy (non-hydrogen) atoms. The van der Waals surface area contributed by atoms with E-state index in [4.69, 9.17) is 9.47 Å². The van der Waals surface area contributed by atoms with Crippen LogP contribution in [0.3, 0.4) is 0 Å². The third-order valence-corrected chi connectivity index (χ3v) is 3.01. The third kappa shape index (κ3) is 4.24. The van der Waals surface area contributed by atoms with Crippen LogP contribution in [-0.2, 0) is 4.74 Å². The molecule has 0 aliphatic carbocycles. The molecule has 0 aliphatic heterocycles. The Hall–Kier alpha value is -2.50. The van der Waals surface area contributed by atoms with E-state index in [1.807, 2.05) is 54.6 Å². The quantitative estimate of drug-likeness (QED) is 0.608. The number of hydrogen-bond acceptors (Lipinski definition) is 2. The molecule has 0 saturated carbocycles. The average molecular weight is 278 g/mol. The summed E-state index contributed by atoms with van der Waals surface area (Å²) < 4.78 is 11.0. The molecule has 2 nitrogen and oxygen atoms in total. The van der Waals surface area contributed by atoms with Gasteiger partial charge in [0.15, 0.2) is 0 Å². The highest BCUT2D eigenvalue weighted by atomic mass is 16.5. The minimum Gasteiger partial charge on any atom is -0.495 e. The van der Waals surface area contributed by atoms with Gasteiger partial charge in [-0.05, 0) is 17.7 Å². The van der Waals surface area contributed by atoms with Gasteiger partial charge < -0.3 is 9.47 Å². The van der Waals surface area contributed by atoms with Crippen LogP contribution in [0, 0.1) is 11.8 Å². The second kappa shape index (κ2) is 7.94. The standard InChI is InChI=1S/C19H18O2/c1-3-18(16-10-5-4-6-11-16)21-15-9-13-17-12-7-8-14-19(17)20-2/h3-8,10-12,14,18H,1,15H2,2H3/t18-/m0/s1. The van der Waals surface area contributed by atoms with Gasteiger partial charge in [0.25, 0.3) is 0 Å². The summed E-state index contributed by atoms with van der Waals surface area (Å²) in [5.41, 5.74) is 1.94. The summed E-state index contributed by atoms with van der Waals surface area (Å²) in [7, 11) is 1.64. The van der Waals surface area contributed by atoms with Crippen molar-refractivity contribution in [2.24, 2.45) is 0 Å². The van der Waals surface area contributed by atoms with Crippen LogP contribution >= 0.6 is 0 Å². The van der Waals surface area contributed by atoms with Crippen LogP contribution in [-0.4, -0.2) is 13.7 Å². The second-order valence-corrected chi connectivity index (χ2v) is 4.38. The fourth-order valence-electron chi connectivity index (χ4n) is 1.95. The highest BCUT2D eigenvalue weighted by Crippen LogP contribution is 2.18. The first-order valence-corrected chi connectivity index (χ1v) is 6.76. The van der Waals surface area contributed by atoms with Gasteiger partial charge in [-0.15, -0.1) is 6.58 Å². The van der Waals surface area contributed by atoms with Crippen molar-refractivity contribution in [2.45, 2.75) is 6.10 Å². The molecule has 0 unspecified atom stereocenters. The molecule has 0 amide bonds. The van der Waals surface area contributed by atoms with Gasteiger partial charge in [-0.2, -0.15) is 0 Å². The number of hydrogen-bond donors (Lipinski definition) is 0. The first kappa shape index (κ1) is 14.9. The maximum absolute atomic E-state index is 5.74. The Kier molecular flexibility index (Phi) is 5.63. The predicted octanol–water partition coefficient (Wildman–Crippen LogP) is 3.99. The Balaban J connectivity index is 1.98. The Morgan fingerprint density at radius 1 is 1.10 bits per heavy atom. The molecule has 0 heterocycles. The number of para-hydroxylation sites is 1. The van der Waals surface area contributed by atoms with E-state index >= 15 is 0 Å². The molecule has 0 saturated heterocycles. The Morgan fingerprint density at radius 3 is 2.52 bits per heavy atom. The SMILES string of the molecule is C=C[C@H](OCC#Cc1ccccc1OC)c1ccccc1. The van der Waals surface area contributed by atoms with Crippen molar-refractivity contribution in [2.75, 3.05) is 13.7 Å². The smallest absolute Gasteiger partial charge is 0.134 e. The van der Waals surface area contributed by atoms with Crippen LogP contribution < -0.4 is 4.74 Å². The van der Waals surface area contributed by atoms with E-state index in [2.05, 4.69) is 18.4 Å². The molecule has 0 aromatic heterocycles. The molecule has 0 fully saturated rings. The minimum atomic E-state index is -0.141. The zero-order valence-corrected chi connectivity index (χ0v) is 12.1. The fourth-order valence-corrected chi connectivity index (χ4v) is 1.95. The van der Waals surface area contributed by atoms with E-state index in [9.17, 15) is 0 Å². The van der Waals surface area contributed by atoms with Crippen LogP contribution in [0.5, 0.6) is 5.75 Å². The summed E-state index contributed by atoms with van der Waals surface area (Å²) in [6, 6.07) is 17.6. The zero-order valence-electron chi connectivity index (χ0n) is 12.1. The van der Waals surface area contributed by atoms with Crippen molar-refractivity contribution >= 4 is 0 Å². The van der Waals surface area contributed by atoms with Crippen molar-refractivity contribution < 1.29 is 9.47 Å². The van der Waals surface area contributed by atoms with Gasteiger partial charge in [-0.3, -0.25) is 0 Å². The lowest BCUT2D eigenvalue weighted by Gasteiger charge is -2.11. The maximum Gasteiger partial charge on any atom is 0.134 e. The van der Waals surface area contributed by atoms with Gasteiger partial charge >= 0.3 is 0 Å². The van der Waals surface area contributed by atoms with Crippen LogP contribution in [0.15, 0.2) is 67.3 Å². The van der Waals surface area contributed by atoms with E-state index in [-0.39, 0.29) is 6.10 Å². The molecule has 2 aromatic rings. The lowest BCUT2D eigenvalue weighted by Crippen LogP contribution is -2.01. The zero-order chi connectivity index (χ0) is 14.9. The summed E-state index contributed by atoms with van der Waals surface area (Å²) >= 11 is 0. The van der Waals surface area contributed by atoms with Crippen LogP contribution in [0.25, 0.3) is 0 Å². The van der Waals surface area contributed by atoms with E-state index < -0.39 is 0 Å². The highest BCUT2D eigenvalue weighted by Gasteiger charge is 2.05. The van der Waals surface area contributed by atoms with Crippen molar-refractivity contribution in [3.05, 3.63) is 78.4 Å². The molecule has 0 radical (unpaired) electrons. The van der Waals surface area contributed by atoms with Crippen molar-refractivity contribution in [3.63, 3.8) is 0 Å². The van der Waals surface area contributed by atoms with Crippen LogP contribution in [0.2, 0.25) is 0 Å². The third-order valence-electron chi connectivity index (χ3n) is 3.01. The minimum absolute atomic E-state index is 0.141. The van der Waals surface area contributed by atoms with Gasteiger partial charge in [-0.1, -0.05) is 60.4 Å². The van der Waals surface area contributed by atoms with E-state index in [1.54, 1.807) is 13.2 Å². The van der Waals surface area contributed by atoms with E-state index in [0.29, 0.717) is 6.61 Å². The highest BCUT2D eigenvalue weighted by molar-refractivity contribution is 5.45. The summed E-state index contributed by atoms with van der Waals surface area (Å²) in [5, 5.41) is 0. The summed E-state index contributed by atoms with van der Waals surface area (Å²) in [4.78, 5) is 0. The molecule has 1 atom stereocenters. The Labute approximate surface area is 126 Å². The summed E-state index contributed by atoms with van der Waals surface area (Å²) in [6.45, 7) is 4.15. The molecule has 2 rings (SSSR count). The maximum atomic E-state index is 5.74. The van der Waals surface area contributed by atoms with Gasteiger partial charge in [0.2, 0.25) is 0 Å². The molecule has 106 valence electrons. The number of rotatable bonds is 5. The lowest BCUT2D eigenvalue weighted by molar-refractivity contribution is 0.114. The molecular formula is C19H18O2. The van der Waals surface area contributed by atoms with Gasteiger partial charge in [0.05, 0.1) is 12.7 Å². The van der Waals surface area contributed by atoms with Crippen LogP contribution in [0.1, 0.15) is 17.2 Å². The van der Waals surface area contributed by atoms with Crippen LogP contribution in [0.4, 0.5) is 0 Å². The predicted molar refractivity (Wildman–Crippen MR) is 85.2 cm³/mol. The number of benzene rings is 2. The average Bonchev–Trinajstić information content (AvgIpc) is 2.56. The molecular weight excluding hydrogens is 260 g/mol. The first-order valence-electron chi connectivity index (χ1n) is 6.76. The molecule has 2 heteroatoms. The van der Waals surface area contributed by atoms with E-state index in [0.717, 1.165) is 16.9 Å². The molecule has 0 N–H and O–H groups in total. The lowest BCUT2D eigenvalue weighted by atomic mass is 10.1. The van der Waals surface area contributed by atoms with Gasteiger partial charge in [-0.25, -0.2) is 0 Å². The Morgan fingerprint density at radius 2 is 1.81 bits per heavy atom. The largest absolute Gasteiger partial charge is 0.495 e. The number of methoxy groups -OCH3 is 1. The van der Waals surface area contributed by atoms with Crippen molar-refractivity contribution in [1.82, 2.24) is 0 Å². The molecule has 2 aromatic carbocycles. The number of ether oxygens (including phenoxy) is 2. The first-order chi connectivity index (χ1) is 10.3. The monoisotopic (exact) mass is 278 g/mol. The van der Waals surface area contributed by atoms with Gasteiger partial charge in [0.1, 0.15) is 18.5 Å². The molecule has 0 aliphatic rings.